The van der Waals surface area contributed by atoms with Crippen molar-refractivity contribution in [3.63, 3.8) is 0 Å². The van der Waals surface area contributed by atoms with E-state index in [0.29, 0.717) is 12.1 Å². The highest BCUT2D eigenvalue weighted by molar-refractivity contribution is 6.24. The molecule has 2 amide bonds. The van der Waals surface area contributed by atoms with Crippen LogP contribution in [0.4, 0.5) is 5.69 Å². The number of hydrogen-bond acceptors (Lipinski definition) is 3. The zero-order valence-corrected chi connectivity index (χ0v) is 7.88. The summed E-state index contributed by atoms with van der Waals surface area (Å²) in [6.45, 7) is 0. The number of phenols is 1. The number of hydrogen-bond donors (Lipinski definition) is 1. The maximum absolute atomic E-state index is 11.7. The molecule has 1 heterocycles. The van der Waals surface area contributed by atoms with Crippen molar-refractivity contribution in [1.29, 1.82) is 0 Å². The van der Waals surface area contributed by atoms with Crippen LogP contribution in [-0.2, 0) is 9.59 Å². The Morgan fingerprint density at radius 3 is 2.13 bits per heavy atom. The minimum Gasteiger partial charge on any atom is -0.508 e. The van der Waals surface area contributed by atoms with Gasteiger partial charge in [0.1, 0.15) is 5.75 Å². The molecule has 76 valence electrons. The van der Waals surface area contributed by atoms with E-state index in [1.54, 1.807) is 12.1 Å². The fourth-order valence-electron chi connectivity index (χ4n) is 2.04. The van der Waals surface area contributed by atoms with Crippen molar-refractivity contribution in [2.45, 2.75) is 6.42 Å². The van der Waals surface area contributed by atoms with Crippen LogP contribution in [0, 0.1) is 11.8 Å². The lowest BCUT2D eigenvalue weighted by Crippen LogP contribution is -2.32. The molecule has 1 aliphatic carbocycles. The predicted octanol–water partition coefficient (Wildman–Crippen LogP) is 0.901. The number of carbonyl (C=O) groups is 2. The molecule has 0 aromatic heterocycles. The van der Waals surface area contributed by atoms with Crippen molar-refractivity contribution >= 4 is 17.5 Å². The number of aromatic hydroxyl groups is 1. The summed E-state index contributed by atoms with van der Waals surface area (Å²) < 4.78 is 0. The fourth-order valence-corrected chi connectivity index (χ4v) is 2.04. The smallest absolute Gasteiger partial charge is 0.237 e. The third-order valence-corrected chi connectivity index (χ3v) is 2.97. The SMILES string of the molecule is O=C1C2CC2C(=O)N1c1ccc(O)cc1. The summed E-state index contributed by atoms with van der Waals surface area (Å²) in [7, 11) is 0. The van der Waals surface area contributed by atoms with Gasteiger partial charge in [-0.1, -0.05) is 0 Å². The monoisotopic (exact) mass is 203 g/mol. The first-order valence-electron chi connectivity index (χ1n) is 4.85. The summed E-state index contributed by atoms with van der Waals surface area (Å²) in [6.07, 6.45) is 0.715. The van der Waals surface area contributed by atoms with Gasteiger partial charge in [-0.05, 0) is 30.7 Å². The first-order valence-corrected chi connectivity index (χ1v) is 4.85. The van der Waals surface area contributed by atoms with Gasteiger partial charge >= 0.3 is 0 Å². The quantitative estimate of drug-likeness (QED) is 0.690. The molecule has 1 aromatic carbocycles. The molecule has 0 bridgehead atoms. The average molecular weight is 203 g/mol. The molecule has 1 saturated heterocycles. The zero-order valence-electron chi connectivity index (χ0n) is 7.88. The van der Waals surface area contributed by atoms with Crippen molar-refractivity contribution in [3.05, 3.63) is 24.3 Å². The van der Waals surface area contributed by atoms with Crippen LogP contribution in [0.5, 0.6) is 5.75 Å². The Kier molecular flexibility index (Phi) is 1.46. The van der Waals surface area contributed by atoms with Crippen LogP contribution in [0.25, 0.3) is 0 Å². The van der Waals surface area contributed by atoms with Gasteiger partial charge in [0.25, 0.3) is 0 Å². The maximum Gasteiger partial charge on any atom is 0.237 e. The van der Waals surface area contributed by atoms with Crippen LogP contribution >= 0.6 is 0 Å². The van der Waals surface area contributed by atoms with Gasteiger partial charge in [-0.3, -0.25) is 14.5 Å². The zero-order chi connectivity index (χ0) is 10.6. The fraction of sp³-hybridized carbons (Fsp3) is 0.273. The largest absolute Gasteiger partial charge is 0.508 e. The van der Waals surface area contributed by atoms with E-state index in [-0.39, 0.29) is 29.4 Å². The number of carbonyl (C=O) groups excluding carboxylic acids is 2. The van der Waals surface area contributed by atoms with Gasteiger partial charge in [0, 0.05) is 0 Å². The molecule has 2 fully saturated rings. The summed E-state index contributed by atoms with van der Waals surface area (Å²) in [5.74, 6) is -0.230. The van der Waals surface area contributed by atoms with Gasteiger partial charge in [-0.2, -0.15) is 0 Å². The molecule has 1 N–H and O–H groups in total. The van der Waals surface area contributed by atoms with Gasteiger partial charge < -0.3 is 5.11 Å². The Morgan fingerprint density at radius 1 is 1.07 bits per heavy atom. The van der Waals surface area contributed by atoms with Crippen molar-refractivity contribution in [1.82, 2.24) is 0 Å². The van der Waals surface area contributed by atoms with E-state index in [0.717, 1.165) is 0 Å². The summed E-state index contributed by atoms with van der Waals surface area (Å²) in [6, 6.07) is 6.10. The molecule has 2 atom stereocenters. The van der Waals surface area contributed by atoms with Crippen LogP contribution in [-0.4, -0.2) is 16.9 Å². The minimum atomic E-state index is -0.101. The third-order valence-electron chi connectivity index (χ3n) is 2.97. The van der Waals surface area contributed by atoms with E-state index >= 15 is 0 Å². The van der Waals surface area contributed by atoms with Crippen LogP contribution in [0.3, 0.4) is 0 Å². The molecule has 4 heteroatoms. The molecule has 2 aliphatic rings. The summed E-state index contributed by atoms with van der Waals surface area (Å²) in [5, 5.41) is 9.10. The molecule has 1 saturated carbocycles. The molecule has 0 spiro atoms. The molecule has 0 radical (unpaired) electrons. The molecule has 15 heavy (non-hydrogen) atoms. The number of benzene rings is 1. The number of anilines is 1. The second kappa shape index (κ2) is 2.59. The van der Waals surface area contributed by atoms with Gasteiger partial charge in [0.05, 0.1) is 17.5 Å². The van der Waals surface area contributed by atoms with E-state index in [4.69, 9.17) is 5.11 Å². The molecular formula is C11H9NO3. The maximum atomic E-state index is 11.7. The number of fused-ring (bicyclic) bond motifs is 1. The van der Waals surface area contributed by atoms with Crippen molar-refractivity contribution in [2.24, 2.45) is 11.8 Å². The number of phenolic OH excluding ortho intramolecular Hbond substituents is 1. The third kappa shape index (κ3) is 1.08. The van der Waals surface area contributed by atoms with Gasteiger partial charge in [-0.25, -0.2) is 0 Å². The Labute approximate surface area is 86.1 Å². The summed E-state index contributed by atoms with van der Waals surface area (Å²) in [5.41, 5.74) is 0.551. The van der Waals surface area contributed by atoms with Crippen LogP contribution in [0.2, 0.25) is 0 Å². The highest BCUT2D eigenvalue weighted by Crippen LogP contribution is 2.48. The summed E-state index contributed by atoms with van der Waals surface area (Å²) in [4.78, 5) is 24.6. The minimum absolute atomic E-state index is 0.0775. The Bertz CT molecular complexity index is 431. The van der Waals surface area contributed by atoms with Crippen LogP contribution < -0.4 is 4.90 Å². The molecular weight excluding hydrogens is 194 g/mol. The predicted molar refractivity (Wildman–Crippen MR) is 52.2 cm³/mol. The first kappa shape index (κ1) is 8.47. The van der Waals surface area contributed by atoms with E-state index in [9.17, 15) is 9.59 Å². The van der Waals surface area contributed by atoms with Gasteiger partial charge in [-0.15, -0.1) is 0 Å². The molecule has 2 unspecified atom stereocenters. The van der Waals surface area contributed by atoms with Crippen molar-refractivity contribution < 1.29 is 14.7 Å². The lowest BCUT2D eigenvalue weighted by atomic mass is 10.2. The highest BCUT2D eigenvalue weighted by Gasteiger charge is 2.59. The van der Waals surface area contributed by atoms with E-state index < -0.39 is 0 Å². The number of amides is 2. The standard InChI is InChI=1S/C11H9NO3/c13-7-3-1-6(2-4-7)12-10(14)8-5-9(8)11(12)15/h1-4,8-9,13H,5H2. The molecule has 1 aliphatic heterocycles. The topological polar surface area (TPSA) is 57.6 Å². The van der Waals surface area contributed by atoms with Crippen LogP contribution in [0.15, 0.2) is 24.3 Å². The first-order chi connectivity index (χ1) is 7.18. The molecule has 3 rings (SSSR count). The van der Waals surface area contributed by atoms with Crippen molar-refractivity contribution in [3.8, 4) is 5.75 Å². The Balaban J connectivity index is 1.98. The number of piperidine rings is 1. The lowest BCUT2D eigenvalue weighted by molar-refractivity contribution is -0.123. The second-order valence-corrected chi connectivity index (χ2v) is 3.98. The number of nitrogens with zero attached hydrogens (tertiary/aromatic N) is 1. The number of rotatable bonds is 1. The highest BCUT2D eigenvalue weighted by atomic mass is 16.3. The normalized spacial score (nSPS) is 28.1. The van der Waals surface area contributed by atoms with E-state index in [2.05, 4.69) is 0 Å². The average Bonchev–Trinajstić information content (AvgIpc) is 2.96. The molecule has 1 aromatic rings. The van der Waals surface area contributed by atoms with Gasteiger partial charge in [0.15, 0.2) is 0 Å². The summed E-state index contributed by atoms with van der Waals surface area (Å²) >= 11 is 0. The molecule has 4 nitrogen and oxygen atoms in total. The Morgan fingerprint density at radius 2 is 1.60 bits per heavy atom. The van der Waals surface area contributed by atoms with Crippen LogP contribution in [0.1, 0.15) is 6.42 Å². The number of imide groups is 1. The second-order valence-electron chi connectivity index (χ2n) is 3.98. The Hall–Kier alpha value is -1.84. The van der Waals surface area contributed by atoms with E-state index in [1.165, 1.54) is 17.0 Å². The lowest BCUT2D eigenvalue weighted by Gasteiger charge is -2.16. The van der Waals surface area contributed by atoms with Gasteiger partial charge in [0.2, 0.25) is 11.8 Å². The van der Waals surface area contributed by atoms with Crippen molar-refractivity contribution in [2.75, 3.05) is 4.90 Å². The van der Waals surface area contributed by atoms with E-state index in [1.807, 2.05) is 0 Å².